The van der Waals surface area contributed by atoms with E-state index in [1.165, 1.54) is 6.07 Å². The van der Waals surface area contributed by atoms with Gasteiger partial charge in [-0.3, -0.25) is 19.3 Å². The summed E-state index contributed by atoms with van der Waals surface area (Å²) >= 11 is 0. The highest BCUT2D eigenvalue weighted by atomic mass is 19.3. The van der Waals surface area contributed by atoms with Crippen molar-refractivity contribution in [1.29, 1.82) is 0 Å². The van der Waals surface area contributed by atoms with E-state index in [1.54, 1.807) is 25.1 Å². The van der Waals surface area contributed by atoms with Crippen molar-refractivity contribution in [3.8, 4) is 5.75 Å². The molecule has 5 atom stereocenters. The van der Waals surface area contributed by atoms with E-state index in [-0.39, 0.29) is 54.4 Å². The van der Waals surface area contributed by atoms with Crippen LogP contribution in [0.4, 0.5) is 8.78 Å². The number of likely N-dealkylation sites (N-methyl/N-ethyl adjacent to an activating group) is 1. The first-order chi connectivity index (χ1) is 18.0. The molecule has 2 fully saturated rings. The molecule has 1 aromatic carbocycles. The van der Waals surface area contributed by atoms with Gasteiger partial charge in [-0.2, -0.15) is 5.48 Å². The highest BCUT2D eigenvalue weighted by Gasteiger charge is 2.69. The molecule has 13 heteroatoms. The van der Waals surface area contributed by atoms with Crippen LogP contribution in [0.1, 0.15) is 23.1 Å². The highest BCUT2D eigenvalue weighted by molar-refractivity contribution is 6.11. The third-order valence-corrected chi connectivity index (χ3v) is 7.94. The average Bonchev–Trinajstić information content (AvgIpc) is 3.26. The Morgan fingerprint density at radius 1 is 1.32 bits per heavy atom. The lowest BCUT2D eigenvalue weighted by molar-refractivity contribution is -0.154. The molecule has 11 nitrogen and oxygen atoms in total. The molecule has 38 heavy (non-hydrogen) atoms. The lowest BCUT2D eigenvalue weighted by atomic mass is 9.56. The number of hydrogen-bond acceptors (Lipinski definition) is 10. The topological polar surface area (TPSA) is 164 Å². The number of nitrogens with zero attached hydrogens (tertiary/aromatic N) is 1. The van der Waals surface area contributed by atoms with Gasteiger partial charge in [0.2, 0.25) is 0 Å². The maximum absolute atomic E-state index is 14.2. The van der Waals surface area contributed by atoms with E-state index in [2.05, 4.69) is 5.48 Å². The van der Waals surface area contributed by atoms with Gasteiger partial charge in [-0.05, 0) is 50.0 Å². The lowest BCUT2D eigenvalue weighted by Gasteiger charge is -2.52. The molecule has 3 aliphatic carbocycles. The summed E-state index contributed by atoms with van der Waals surface area (Å²) in [5.74, 6) is -3.76. The number of aromatic hydroxyl groups is 1. The summed E-state index contributed by atoms with van der Waals surface area (Å²) in [5.41, 5.74) is 7.27. The molecule has 0 bridgehead atoms. The normalized spacial score (nSPS) is 30.4. The van der Waals surface area contributed by atoms with Crippen LogP contribution < -0.4 is 11.2 Å². The molecule has 6 N–H and O–H groups in total. The number of carbonyl (C=O) groups is 2. The summed E-state index contributed by atoms with van der Waals surface area (Å²) in [5, 5.41) is 33.1. The van der Waals surface area contributed by atoms with Gasteiger partial charge in [0, 0.05) is 18.0 Å². The number of benzene rings is 1. The molecule has 1 aromatic rings. The van der Waals surface area contributed by atoms with E-state index in [4.69, 9.17) is 20.0 Å². The van der Waals surface area contributed by atoms with Crippen molar-refractivity contribution in [2.24, 2.45) is 17.6 Å². The fourth-order valence-electron chi connectivity index (χ4n) is 6.51. The molecule has 1 spiro atoms. The van der Waals surface area contributed by atoms with E-state index >= 15 is 0 Å². The molecule has 0 radical (unpaired) electrons. The number of hydroxylamine groups is 1. The Hall–Kier alpha value is -3.10. The van der Waals surface area contributed by atoms with E-state index in [9.17, 15) is 33.7 Å². The molecule has 1 saturated carbocycles. The van der Waals surface area contributed by atoms with Crippen LogP contribution in [0.15, 0.2) is 29.0 Å². The van der Waals surface area contributed by atoms with Crippen molar-refractivity contribution < 1.29 is 48.0 Å². The average molecular weight is 538 g/mol. The van der Waals surface area contributed by atoms with Crippen LogP contribution in [0.5, 0.6) is 5.75 Å². The van der Waals surface area contributed by atoms with E-state index < -0.39 is 60.1 Å². The van der Waals surface area contributed by atoms with E-state index in [1.807, 2.05) is 0 Å². The minimum atomic E-state index is -2.65. The van der Waals surface area contributed by atoms with Crippen LogP contribution in [-0.2, 0) is 36.9 Å². The van der Waals surface area contributed by atoms with E-state index in [0.717, 1.165) is 0 Å². The Kier molecular flexibility index (Phi) is 6.68. The van der Waals surface area contributed by atoms with Crippen LogP contribution in [0, 0.1) is 11.8 Å². The summed E-state index contributed by atoms with van der Waals surface area (Å²) in [4.78, 5) is 33.1. The molecular formula is C25H29F2N3O8. The number of nitrogens with two attached hydrogens (primary N) is 1. The number of amides is 1. The van der Waals surface area contributed by atoms with Crippen LogP contribution in [0.2, 0.25) is 0 Å². The minimum Gasteiger partial charge on any atom is -0.510 e. The summed E-state index contributed by atoms with van der Waals surface area (Å²) in [6.07, 6.45) is -3.44. The molecule has 1 saturated heterocycles. The molecule has 5 rings (SSSR count). The third-order valence-electron chi connectivity index (χ3n) is 7.94. The molecule has 4 aliphatic rings. The molecule has 1 unspecified atom stereocenters. The molecular weight excluding hydrogens is 508 g/mol. The smallest absolute Gasteiger partial charge is 0.263 e. The second-order valence-corrected chi connectivity index (χ2v) is 10.1. The number of rotatable bonds is 7. The fraction of sp³-hybridized carbons (Fsp3) is 0.520. The van der Waals surface area contributed by atoms with Gasteiger partial charge in [0.05, 0.1) is 17.2 Å². The zero-order chi connectivity index (χ0) is 27.5. The zero-order valence-electron chi connectivity index (χ0n) is 20.7. The first-order valence-corrected chi connectivity index (χ1v) is 12.1. The first-order valence-electron chi connectivity index (χ1n) is 12.1. The van der Waals surface area contributed by atoms with Gasteiger partial charge < -0.3 is 30.5 Å². The number of primary amides is 1. The number of alkyl halides is 2. The zero-order valence-corrected chi connectivity index (χ0v) is 20.7. The van der Waals surface area contributed by atoms with Crippen LogP contribution in [-0.4, -0.2) is 83.6 Å². The number of ketones is 1. The number of Topliss-reactive ketones (excluding diaryl/α,β-unsaturated/α-hetero) is 1. The number of fused-ring (bicyclic) bond motifs is 2. The number of ether oxygens (including phenoxy) is 2. The predicted molar refractivity (Wildman–Crippen MR) is 127 cm³/mol. The van der Waals surface area contributed by atoms with E-state index in [0.29, 0.717) is 11.1 Å². The van der Waals surface area contributed by atoms with Gasteiger partial charge in [0.15, 0.2) is 11.4 Å². The molecule has 1 heterocycles. The molecule has 1 aliphatic heterocycles. The summed E-state index contributed by atoms with van der Waals surface area (Å²) in [6.45, 7) is -1.13. The monoisotopic (exact) mass is 537 g/mol. The Labute approximate surface area is 216 Å². The van der Waals surface area contributed by atoms with Crippen molar-refractivity contribution >= 4 is 17.4 Å². The van der Waals surface area contributed by atoms with Gasteiger partial charge in [0.1, 0.15) is 36.8 Å². The van der Waals surface area contributed by atoms with Gasteiger partial charge in [-0.25, -0.2) is 8.78 Å². The summed E-state index contributed by atoms with van der Waals surface area (Å²) < 4.78 is 36.5. The predicted octanol–water partition coefficient (Wildman–Crippen LogP) is 1.06. The second-order valence-electron chi connectivity index (χ2n) is 10.1. The van der Waals surface area contributed by atoms with Gasteiger partial charge in [-0.15, -0.1) is 0 Å². The van der Waals surface area contributed by atoms with Crippen molar-refractivity contribution in [3.63, 3.8) is 0 Å². The summed E-state index contributed by atoms with van der Waals surface area (Å²) in [7, 11) is 3.38. The minimum absolute atomic E-state index is 0.0107. The van der Waals surface area contributed by atoms with Crippen LogP contribution in [0.25, 0.3) is 5.76 Å². The maximum Gasteiger partial charge on any atom is 0.263 e. The number of hydrogen-bond donors (Lipinski definition) is 5. The first kappa shape index (κ1) is 26.5. The number of nitrogens with one attached hydrogen (secondary N) is 1. The number of aliphatic hydroxyl groups is 2. The standard InChI is InChI=1S/C25H29F2N3O8/c1-30(2)19-13-6-11-5-12-10(7-29-38-8-15(26)27)3-4-14(31)17(12)20(32)16(11)22(34)25(13)23(36-9-37-25)18(21(19)33)24(28)35/h3-4,11,13,15,19,23,29,31-33H,5-9H2,1-2H3,(H2,28,35)/t11-,13-,19-,23?,25-/m0/s1. The quantitative estimate of drug-likeness (QED) is 0.251. The largest absolute Gasteiger partial charge is 0.510 e. The second kappa shape index (κ2) is 9.58. The number of aliphatic hydroxyl groups excluding tert-OH is 2. The molecule has 1 amide bonds. The lowest BCUT2D eigenvalue weighted by Crippen LogP contribution is -2.67. The number of carbonyl (C=O) groups excluding carboxylic acids is 2. The number of phenols is 1. The van der Waals surface area contributed by atoms with Crippen molar-refractivity contribution in [1.82, 2.24) is 10.4 Å². The van der Waals surface area contributed by atoms with Gasteiger partial charge in [0.25, 0.3) is 12.3 Å². The highest BCUT2D eigenvalue weighted by Crippen LogP contribution is 2.56. The summed E-state index contributed by atoms with van der Waals surface area (Å²) in [6, 6.07) is 2.11. The molecule has 206 valence electrons. The van der Waals surface area contributed by atoms with Gasteiger partial charge in [-0.1, -0.05) is 6.07 Å². The number of phenolic OH excluding ortho intramolecular Hbond substituents is 1. The van der Waals surface area contributed by atoms with Gasteiger partial charge >= 0.3 is 0 Å². The van der Waals surface area contributed by atoms with Crippen molar-refractivity contribution in [3.05, 3.63) is 45.7 Å². The Balaban J connectivity index is 1.61. The number of halogens is 2. The fourth-order valence-corrected chi connectivity index (χ4v) is 6.51. The Morgan fingerprint density at radius 2 is 2.05 bits per heavy atom. The van der Waals surface area contributed by atoms with Crippen LogP contribution in [0.3, 0.4) is 0 Å². The van der Waals surface area contributed by atoms with Crippen LogP contribution >= 0.6 is 0 Å². The Bertz CT molecular complexity index is 1250. The Morgan fingerprint density at radius 3 is 2.71 bits per heavy atom. The molecule has 0 aromatic heterocycles. The third kappa shape index (κ3) is 3.80. The van der Waals surface area contributed by atoms with Crippen molar-refractivity contribution in [2.75, 3.05) is 27.5 Å². The maximum atomic E-state index is 14.2. The van der Waals surface area contributed by atoms with Crippen molar-refractivity contribution in [2.45, 2.75) is 43.6 Å². The SMILES string of the molecule is CN(C)[C@@H]1C(O)=C(C(N)=O)C2OCO[C@@]23C(=O)C2=C(O)c4c(O)ccc(CNOCC(F)F)c4C[C@H]2C[C@@H]13.